The van der Waals surface area contributed by atoms with Crippen LogP contribution in [0, 0.1) is 5.92 Å². The number of nitrogens with zero attached hydrogens (tertiary/aromatic N) is 1. The monoisotopic (exact) mass is 341 g/mol. The number of rotatable bonds is 5. The van der Waals surface area contributed by atoms with Crippen molar-refractivity contribution in [3.8, 4) is 5.75 Å². The van der Waals surface area contributed by atoms with Crippen molar-refractivity contribution in [1.29, 1.82) is 0 Å². The molecule has 1 aliphatic heterocycles. The summed E-state index contributed by atoms with van der Waals surface area (Å²) in [5.74, 6) is 0.595. The van der Waals surface area contributed by atoms with Gasteiger partial charge in [0, 0.05) is 19.2 Å². The maximum Gasteiger partial charge on any atom is 0.289 e. The van der Waals surface area contributed by atoms with Gasteiger partial charge in [0.1, 0.15) is 6.26 Å². The van der Waals surface area contributed by atoms with Gasteiger partial charge in [0.05, 0.1) is 7.11 Å². The molecule has 1 amide bonds. The van der Waals surface area contributed by atoms with E-state index in [4.69, 9.17) is 9.15 Å². The van der Waals surface area contributed by atoms with Gasteiger partial charge in [-0.15, -0.1) is 0 Å². The van der Waals surface area contributed by atoms with Crippen LogP contribution < -0.4 is 10.2 Å². The largest absolute Gasteiger partial charge is 0.490 e. The number of methoxy groups -OCH3 is 1. The fourth-order valence-electron chi connectivity index (χ4n) is 3.26. The molecular formula is C20H23NO4. The Morgan fingerprint density at radius 2 is 1.96 bits per heavy atom. The Morgan fingerprint density at radius 3 is 2.60 bits per heavy atom. The first-order chi connectivity index (χ1) is 12.2. The highest BCUT2D eigenvalue weighted by Crippen LogP contribution is 2.23. The number of amides is 1. The van der Waals surface area contributed by atoms with E-state index in [9.17, 15) is 9.59 Å². The van der Waals surface area contributed by atoms with Crippen LogP contribution in [0.15, 0.2) is 51.9 Å². The molecule has 0 aliphatic carbocycles. The molecule has 0 bridgehead atoms. The second-order valence-electron chi connectivity index (χ2n) is 6.44. The van der Waals surface area contributed by atoms with Crippen LogP contribution in [0.3, 0.4) is 0 Å². The summed E-state index contributed by atoms with van der Waals surface area (Å²) in [6.07, 6.45) is 5.39. The van der Waals surface area contributed by atoms with Gasteiger partial charge in [-0.05, 0) is 37.2 Å². The lowest BCUT2D eigenvalue weighted by Gasteiger charge is -2.31. The molecule has 25 heavy (non-hydrogen) atoms. The van der Waals surface area contributed by atoms with Gasteiger partial charge in [-0.1, -0.05) is 30.3 Å². The van der Waals surface area contributed by atoms with E-state index in [0.717, 1.165) is 25.7 Å². The number of hydrogen-bond acceptors (Lipinski definition) is 4. The van der Waals surface area contributed by atoms with Crippen molar-refractivity contribution < 1.29 is 13.9 Å². The zero-order valence-corrected chi connectivity index (χ0v) is 14.4. The highest BCUT2D eigenvalue weighted by atomic mass is 16.5. The molecule has 2 aromatic rings. The normalized spacial score (nSPS) is 15.2. The van der Waals surface area contributed by atoms with Crippen molar-refractivity contribution in [2.24, 2.45) is 5.92 Å². The summed E-state index contributed by atoms with van der Waals surface area (Å²) in [7, 11) is 1.40. The lowest BCUT2D eigenvalue weighted by molar-refractivity contribution is 0.0651. The van der Waals surface area contributed by atoms with Gasteiger partial charge in [0.2, 0.25) is 11.2 Å². The third kappa shape index (κ3) is 4.29. The summed E-state index contributed by atoms with van der Waals surface area (Å²) in [5.41, 5.74) is 1.02. The predicted molar refractivity (Wildman–Crippen MR) is 94.9 cm³/mol. The highest BCUT2D eigenvalue weighted by Gasteiger charge is 2.25. The Bertz CT molecular complexity index is 761. The molecule has 0 radical (unpaired) electrons. The van der Waals surface area contributed by atoms with Crippen LogP contribution in [0.5, 0.6) is 5.75 Å². The van der Waals surface area contributed by atoms with E-state index >= 15 is 0 Å². The van der Waals surface area contributed by atoms with E-state index in [-0.39, 0.29) is 22.8 Å². The van der Waals surface area contributed by atoms with Crippen LogP contribution in [0.4, 0.5) is 0 Å². The molecule has 5 nitrogen and oxygen atoms in total. The Labute approximate surface area is 147 Å². The summed E-state index contributed by atoms with van der Waals surface area (Å²) in [6.45, 7) is 1.40. The van der Waals surface area contributed by atoms with Crippen molar-refractivity contribution in [2.45, 2.75) is 25.7 Å². The van der Waals surface area contributed by atoms with Crippen molar-refractivity contribution in [3.63, 3.8) is 0 Å². The first-order valence-electron chi connectivity index (χ1n) is 8.67. The Kier molecular flexibility index (Phi) is 5.53. The SMILES string of the molecule is COc1coc(C(=O)N2CCC(CCc3ccccc3)CC2)cc1=O. The first kappa shape index (κ1) is 17.3. The molecule has 0 spiro atoms. The molecule has 2 heterocycles. The van der Waals surface area contributed by atoms with E-state index in [1.165, 1.54) is 25.0 Å². The molecule has 0 saturated carbocycles. The second kappa shape index (κ2) is 8.01. The van der Waals surface area contributed by atoms with E-state index in [0.29, 0.717) is 19.0 Å². The number of carbonyl (C=O) groups is 1. The van der Waals surface area contributed by atoms with Gasteiger partial charge >= 0.3 is 0 Å². The number of likely N-dealkylation sites (tertiary alicyclic amines) is 1. The summed E-state index contributed by atoms with van der Waals surface area (Å²) in [6, 6.07) is 11.7. The zero-order valence-electron chi connectivity index (χ0n) is 14.4. The maximum absolute atomic E-state index is 12.5. The smallest absolute Gasteiger partial charge is 0.289 e. The second-order valence-corrected chi connectivity index (χ2v) is 6.44. The molecule has 132 valence electrons. The van der Waals surface area contributed by atoms with Crippen LogP contribution in [-0.4, -0.2) is 31.0 Å². The van der Waals surface area contributed by atoms with Gasteiger partial charge in [-0.3, -0.25) is 9.59 Å². The molecule has 0 atom stereocenters. The van der Waals surface area contributed by atoms with E-state index in [2.05, 4.69) is 24.3 Å². The first-order valence-corrected chi connectivity index (χ1v) is 8.67. The van der Waals surface area contributed by atoms with E-state index < -0.39 is 0 Å². The predicted octanol–water partition coefficient (Wildman–Crippen LogP) is 3.13. The van der Waals surface area contributed by atoms with Gasteiger partial charge in [0.15, 0.2) is 5.76 Å². The summed E-state index contributed by atoms with van der Waals surface area (Å²) in [5, 5.41) is 0. The Balaban J connectivity index is 1.52. The van der Waals surface area contributed by atoms with Crippen LogP contribution in [0.1, 0.15) is 35.4 Å². The lowest BCUT2D eigenvalue weighted by Crippen LogP contribution is -2.38. The average molecular weight is 341 g/mol. The number of benzene rings is 1. The summed E-state index contributed by atoms with van der Waals surface area (Å²) in [4.78, 5) is 26.0. The van der Waals surface area contributed by atoms with Crippen molar-refractivity contribution in [2.75, 3.05) is 20.2 Å². The summed E-state index contributed by atoms with van der Waals surface area (Å²) >= 11 is 0. The molecule has 1 aromatic heterocycles. The van der Waals surface area contributed by atoms with Crippen molar-refractivity contribution >= 4 is 5.91 Å². The number of hydrogen-bond donors (Lipinski definition) is 0. The van der Waals surface area contributed by atoms with Crippen LogP contribution in [0.25, 0.3) is 0 Å². The van der Waals surface area contributed by atoms with Gasteiger partial charge in [-0.25, -0.2) is 0 Å². The van der Waals surface area contributed by atoms with Crippen molar-refractivity contribution in [3.05, 3.63) is 64.2 Å². The number of aryl methyl sites for hydroxylation is 1. The minimum atomic E-state index is -0.338. The van der Waals surface area contributed by atoms with Crippen molar-refractivity contribution in [1.82, 2.24) is 4.90 Å². The van der Waals surface area contributed by atoms with E-state index in [1.54, 1.807) is 4.90 Å². The summed E-state index contributed by atoms with van der Waals surface area (Å²) < 4.78 is 10.1. The molecule has 3 rings (SSSR count). The molecule has 1 saturated heterocycles. The quantitative estimate of drug-likeness (QED) is 0.838. The fraction of sp³-hybridized carbons (Fsp3) is 0.400. The lowest BCUT2D eigenvalue weighted by atomic mass is 9.90. The molecule has 1 aliphatic rings. The third-order valence-corrected chi connectivity index (χ3v) is 4.81. The molecular weight excluding hydrogens is 318 g/mol. The third-order valence-electron chi connectivity index (χ3n) is 4.81. The fourth-order valence-corrected chi connectivity index (χ4v) is 3.26. The van der Waals surface area contributed by atoms with Gasteiger partial charge < -0.3 is 14.1 Å². The Hall–Kier alpha value is -2.56. The zero-order chi connectivity index (χ0) is 17.6. The molecule has 1 aromatic carbocycles. The standard InChI is InChI=1S/C20H23NO4/c1-24-19-14-25-18(13-17(19)22)20(23)21-11-9-16(10-12-21)8-7-15-5-3-2-4-6-15/h2-6,13-14,16H,7-12H2,1H3. The van der Waals surface area contributed by atoms with Gasteiger partial charge in [0.25, 0.3) is 5.91 Å². The maximum atomic E-state index is 12.5. The van der Waals surface area contributed by atoms with Gasteiger partial charge in [-0.2, -0.15) is 0 Å². The molecule has 1 fully saturated rings. The highest BCUT2D eigenvalue weighted by molar-refractivity contribution is 5.91. The van der Waals surface area contributed by atoms with E-state index in [1.807, 2.05) is 6.07 Å². The number of carbonyl (C=O) groups excluding carboxylic acids is 1. The average Bonchev–Trinajstić information content (AvgIpc) is 2.67. The molecule has 0 N–H and O–H groups in total. The van der Waals surface area contributed by atoms with Crippen LogP contribution in [-0.2, 0) is 6.42 Å². The number of ether oxygens (including phenoxy) is 1. The molecule has 5 heteroatoms. The minimum absolute atomic E-state index is 0.0773. The number of piperidine rings is 1. The van der Waals surface area contributed by atoms with Crippen LogP contribution in [0.2, 0.25) is 0 Å². The minimum Gasteiger partial charge on any atom is -0.490 e. The Morgan fingerprint density at radius 1 is 1.24 bits per heavy atom. The van der Waals surface area contributed by atoms with Crippen LogP contribution >= 0.6 is 0 Å². The topological polar surface area (TPSA) is 59.8 Å². The molecule has 0 unspecified atom stereocenters.